The number of hydrogen-bond donors (Lipinski definition) is 1. The Hall–Kier alpha value is -2.05. The lowest BCUT2D eigenvalue weighted by atomic mass is 10.1. The number of nitrogens with one attached hydrogen (secondary N) is 1. The second kappa shape index (κ2) is 6.45. The molecule has 0 bridgehead atoms. The number of hydrogen-bond acceptors (Lipinski definition) is 3. The van der Waals surface area contributed by atoms with Gasteiger partial charge in [-0.3, -0.25) is 8.96 Å². The number of halogens is 1. The van der Waals surface area contributed by atoms with Gasteiger partial charge in [-0.05, 0) is 61.7 Å². The molecule has 1 aliphatic rings. The van der Waals surface area contributed by atoms with Crippen LogP contribution in [0.1, 0.15) is 18.4 Å². The van der Waals surface area contributed by atoms with E-state index in [0.717, 1.165) is 36.0 Å². The van der Waals surface area contributed by atoms with Gasteiger partial charge in [-0.25, -0.2) is 8.60 Å². The van der Waals surface area contributed by atoms with Crippen LogP contribution >= 0.6 is 0 Å². The summed E-state index contributed by atoms with van der Waals surface area (Å²) in [6.45, 7) is 1.05. The molecule has 2 atom stereocenters. The summed E-state index contributed by atoms with van der Waals surface area (Å²) in [6.07, 6.45) is 6.85. The zero-order chi connectivity index (χ0) is 16.5. The Morgan fingerprint density at radius 3 is 3.04 bits per heavy atom. The van der Waals surface area contributed by atoms with E-state index < -0.39 is 11.0 Å². The van der Waals surface area contributed by atoms with E-state index in [2.05, 4.69) is 10.3 Å². The predicted octanol–water partition coefficient (Wildman–Crippen LogP) is 3.04. The number of fused-ring (bicyclic) bond motifs is 1. The lowest BCUT2D eigenvalue weighted by molar-refractivity contribution is 0.604. The fraction of sp³-hybridized carbons (Fsp3) is 0.278. The van der Waals surface area contributed by atoms with Crippen LogP contribution in [0.2, 0.25) is 0 Å². The molecule has 0 saturated carbocycles. The fourth-order valence-electron chi connectivity index (χ4n) is 3.27. The summed E-state index contributed by atoms with van der Waals surface area (Å²) in [7, 11) is -1.50. The summed E-state index contributed by atoms with van der Waals surface area (Å²) in [5.74, 6) is -0.384. The molecule has 0 radical (unpaired) electrons. The van der Waals surface area contributed by atoms with E-state index in [-0.39, 0.29) is 5.82 Å². The van der Waals surface area contributed by atoms with E-state index in [1.165, 1.54) is 18.6 Å². The van der Waals surface area contributed by atoms with Crippen LogP contribution in [0.5, 0.6) is 0 Å². The number of rotatable bonds is 4. The molecular weight excluding hydrogens is 325 g/mol. The maximum Gasteiger partial charge on any atom is 0.157 e. The number of pyridine rings is 1. The molecule has 6 heteroatoms. The Kier molecular flexibility index (Phi) is 4.16. The first kappa shape index (κ1) is 15.5. The van der Waals surface area contributed by atoms with Gasteiger partial charge in [0.25, 0.3) is 0 Å². The molecule has 0 spiro atoms. The highest BCUT2D eigenvalue weighted by Crippen LogP contribution is 2.25. The van der Waals surface area contributed by atoms with Crippen LogP contribution in [0.25, 0.3) is 11.0 Å². The van der Waals surface area contributed by atoms with Crippen molar-refractivity contribution in [3.05, 3.63) is 60.2 Å². The second-order valence-corrected chi connectivity index (χ2v) is 7.42. The van der Waals surface area contributed by atoms with Crippen molar-refractivity contribution in [1.29, 1.82) is 0 Å². The quantitative estimate of drug-likeness (QED) is 0.792. The molecule has 1 aromatic carbocycles. The van der Waals surface area contributed by atoms with Crippen molar-refractivity contribution in [2.45, 2.75) is 30.2 Å². The lowest BCUT2D eigenvalue weighted by Crippen LogP contribution is -2.23. The van der Waals surface area contributed by atoms with Crippen LogP contribution in [0.3, 0.4) is 0 Å². The van der Waals surface area contributed by atoms with Crippen LogP contribution in [-0.4, -0.2) is 25.8 Å². The van der Waals surface area contributed by atoms with Gasteiger partial charge in [0, 0.05) is 18.4 Å². The van der Waals surface area contributed by atoms with Gasteiger partial charge in [-0.2, -0.15) is 0 Å². The Morgan fingerprint density at radius 1 is 1.33 bits per heavy atom. The van der Waals surface area contributed by atoms with Crippen molar-refractivity contribution in [2.75, 3.05) is 6.54 Å². The van der Waals surface area contributed by atoms with Gasteiger partial charge in [0.2, 0.25) is 0 Å². The predicted molar refractivity (Wildman–Crippen MR) is 92.7 cm³/mol. The Bertz CT molecular complexity index is 902. The van der Waals surface area contributed by atoms with Crippen molar-refractivity contribution in [2.24, 2.45) is 0 Å². The van der Waals surface area contributed by atoms with Crippen LogP contribution in [0.15, 0.2) is 53.7 Å². The molecule has 1 saturated heterocycles. The minimum absolute atomic E-state index is 0.384. The lowest BCUT2D eigenvalue weighted by Gasteiger charge is -2.08. The Morgan fingerprint density at radius 2 is 2.25 bits per heavy atom. The molecule has 24 heavy (non-hydrogen) atoms. The molecule has 1 N–H and O–H groups in total. The molecule has 0 amide bonds. The molecule has 3 aromatic rings. The smallest absolute Gasteiger partial charge is 0.157 e. The van der Waals surface area contributed by atoms with E-state index in [9.17, 15) is 8.60 Å². The summed E-state index contributed by atoms with van der Waals surface area (Å²) in [6, 6.07) is 10.1. The molecule has 4 rings (SSSR count). The highest BCUT2D eigenvalue weighted by atomic mass is 32.2. The van der Waals surface area contributed by atoms with Crippen molar-refractivity contribution in [3.63, 3.8) is 0 Å². The maximum absolute atomic E-state index is 13.5. The van der Waals surface area contributed by atoms with Gasteiger partial charge in [0.15, 0.2) is 11.0 Å². The van der Waals surface area contributed by atoms with E-state index in [4.69, 9.17) is 0 Å². The average Bonchev–Trinajstić information content (AvgIpc) is 3.23. The summed E-state index contributed by atoms with van der Waals surface area (Å²) in [5.41, 5.74) is 2.76. The van der Waals surface area contributed by atoms with Gasteiger partial charge in [-0.15, -0.1) is 0 Å². The molecule has 2 aromatic heterocycles. The standard InChI is InChI=1S/C18H18FN3OS/c19-14-4-1-6-16(11-14)24(23)22-12-13(10-15-5-2-8-20-15)18-17(22)7-3-9-21-18/h1,3-4,6-7,9,11-12,15,20H,2,5,8,10H2. The zero-order valence-electron chi connectivity index (χ0n) is 13.1. The monoisotopic (exact) mass is 343 g/mol. The molecule has 3 heterocycles. The van der Waals surface area contributed by atoms with E-state index in [1.807, 2.05) is 18.3 Å². The third kappa shape index (κ3) is 2.87. The third-order valence-electron chi connectivity index (χ3n) is 4.41. The largest absolute Gasteiger partial charge is 0.314 e. The van der Waals surface area contributed by atoms with Crippen molar-refractivity contribution >= 4 is 22.0 Å². The second-order valence-electron chi connectivity index (χ2n) is 6.06. The molecule has 1 aliphatic heterocycles. The van der Waals surface area contributed by atoms with Gasteiger partial charge < -0.3 is 5.32 Å². The van der Waals surface area contributed by atoms with Gasteiger partial charge >= 0.3 is 0 Å². The number of nitrogens with zero attached hydrogens (tertiary/aromatic N) is 2. The summed E-state index contributed by atoms with van der Waals surface area (Å²) >= 11 is 0. The van der Waals surface area contributed by atoms with Crippen LogP contribution < -0.4 is 5.32 Å². The first-order valence-electron chi connectivity index (χ1n) is 8.08. The molecule has 4 nitrogen and oxygen atoms in total. The molecule has 1 fully saturated rings. The maximum atomic E-state index is 13.5. The zero-order valence-corrected chi connectivity index (χ0v) is 13.9. The molecular formula is C18H18FN3OS. The number of aromatic nitrogens is 2. The van der Waals surface area contributed by atoms with E-state index in [0.29, 0.717) is 10.9 Å². The topological polar surface area (TPSA) is 46.9 Å². The van der Waals surface area contributed by atoms with E-state index in [1.54, 1.807) is 22.3 Å². The van der Waals surface area contributed by atoms with Crippen LogP contribution in [0.4, 0.5) is 4.39 Å². The van der Waals surface area contributed by atoms with Crippen molar-refractivity contribution < 1.29 is 8.60 Å². The van der Waals surface area contributed by atoms with Crippen LogP contribution in [-0.2, 0) is 17.4 Å². The fourth-order valence-corrected chi connectivity index (χ4v) is 4.45. The normalized spacial score (nSPS) is 19.0. The average molecular weight is 343 g/mol. The first-order valence-corrected chi connectivity index (χ1v) is 9.19. The summed E-state index contributed by atoms with van der Waals surface area (Å²) in [5, 5.41) is 3.48. The van der Waals surface area contributed by atoms with Gasteiger partial charge in [0.05, 0.1) is 15.9 Å². The summed E-state index contributed by atoms with van der Waals surface area (Å²) < 4.78 is 28.1. The summed E-state index contributed by atoms with van der Waals surface area (Å²) in [4.78, 5) is 4.93. The number of benzene rings is 1. The van der Waals surface area contributed by atoms with E-state index >= 15 is 0 Å². The Labute approximate surface area is 142 Å². The minimum atomic E-state index is -1.50. The minimum Gasteiger partial charge on any atom is -0.314 e. The highest BCUT2D eigenvalue weighted by Gasteiger charge is 2.20. The molecule has 2 unspecified atom stereocenters. The van der Waals surface area contributed by atoms with Crippen LogP contribution in [0, 0.1) is 5.82 Å². The Balaban J connectivity index is 1.76. The first-order chi connectivity index (χ1) is 11.7. The van der Waals surface area contributed by atoms with Crippen molar-refractivity contribution in [3.8, 4) is 0 Å². The van der Waals surface area contributed by atoms with Gasteiger partial charge in [0.1, 0.15) is 5.82 Å². The highest BCUT2D eigenvalue weighted by molar-refractivity contribution is 7.83. The van der Waals surface area contributed by atoms with Crippen molar-refractivity contribution in [1.82, 2.24) is 14.3 Å². The SMILES string of the molecule is O=S(c1cccc(F)c1)n1cc(CC2CCCN2)c2ncccc21. The third-order valence-corrected chi connectivity index (χ3v) is 5.72. The molecule has 124 valence electrons. The molecule has 0 aliphatic carbocycles. The van der Waals surface area contributed by atoms with Gasteiger partial charge in [-0.1, -0.05) is 6.07 Å².